The predicted molar refractivity (Wildman–Crippen MR) is 119 cm³/mol. The lowest BCUT2D eigenvalue weighted by Gasteiger charge is -2.36. The Morgan fingerprint density at radius 1 is 1.27 bits per heavy atom. The van der Waals surface area contributed by atoms with Gasteiger partial charge in [0.2, 0.25) is 0 Å². The van der Waals surface area contributed by atoms with Crippen LogP contribution in [0.15, 0.2) is 42.9 Å². The molecule has 3 N–H and O–H groups in total. The Hall–Kier alpha value is -4.46. The van der Waals surface area contributed by atoms with Crippen molar-refractivity contribution in [1.82, 2.24) is 34.9 Å². The van der Waals surface area contributed by atoms with Crippen molar-refractivity contribution in [1.29, 1.82) is 5.26 Å². The van der Waals surface area contributed by atoms with E-state index >= 15 is 0 Å². The first-order chi connectivity index (χ1) is 16.0. The quantitative estimate of drug-likeness (QED) is 0.412. The molecule has 0 aromatic carbocycles. The molecule has 0 bridgehead atoms. The van der Waals surface area contributed by atoms with Crippen molar-refractivity contribution in [3.8, 4) is 28.7 Å². The molecule has 1 aliphatic carbocycles. The van der Waals surface area contributed by atoms with Crippen molar-refractivity contribution in [2.75, 3.05) is 11.9 Å². The van der Waals surface area contributed by atoms with Crippen molar-refractivity contribution >= 4 is 17.3 Å². The highest BCUT2D eigenvalue weighted by Gasteiger charge is 2.30. The fourth-order valence-electron chi connectivity index (χ4n) is 4.12. The van der Waals surface area contributed by atoms with Crippen LogP contribution in [-0.4, -0.2) is 53.4 Å². The fraction of sp³-hybridized carbons (Fsp3) is 0.273. The highest BCUT2D eigenvalue weighted by atomic mass is 16.4. The third kappa shape index (κ3) is 4.06. The molecule has 166 valence electrons. The predicted octanol–water partition coefficient (Wildman–Crippen LogP) is 2.52. The molecule has 0 aliphatic heterocycles. The van der Waals surface area contributed by atoms with E-state index in [2.05, 4.69) is 37.1 Å². The molecule has 5 rings (SSSR count). The zero-order chi connectivity index (χ0) is 22.9. The Morgan fingerprint density at radius 2 is 2.12 bits per heavy atom. The van der Waals surface area contributed by atoms with Crippen molar-refractivity contribution in [3.05, 3.63) is 48.4 Å². The summed E-state index contributed by atoms with van der Waals surface area (Å²) in [5.41, 5.74) is 5.26. The van der Waals surface area contributed by atoms with Crippen LogP contribution in [0.3, 0.4) is 0 Å². The zero-order valence-electron chi connectivity index (χ0n) is 17.8. The highest BCUT2D eigenvalue weighted by Crippen LogP contribution is 2.35. The maximum atomic E-state index is 10.7. The van der Waals surface area contributed by atoms with Crippen LogP contribution >= 0.6 is 0 Å². The smallest absolute Gasteiger partial charge is 0.404 e. The van der Waals surface area contributed by atoms with Crippen molar-refractivity contribution in [3.63, 3.8) is 0 Å². The topological polar surface area (TPSA) is 146 Å². The molecule has 11 nitrogen and oxygen atoms in total. The van der Waals surface area contributed by atoms with Gasteiger partial charge in [-0.3, -0.25) is 9.67 Å². The molecule has 0 unspecified atom stereocenters. The maximum absolute atomic E-state index is 10.7. The second-order valence-corrected chi connectivity index (χ2v) is 8.17. The number of anilines is 1. The minimum atomic E-state index is -0.995. The van der Waals surface area contributed by atoms with Crippen molar-refractivity contribution < 1.29 is 9.90 Å². The van der Waals surface area contributed by atoms with Crippen molar-refractivity contribution in [2.24, 2.45) is 13.0 Å². The molecular weight excluding hydrogens is 422 g/mol. The van der Waals surface area contributed by atoms with E-state index in [1.54, 1.807) is 21.5 Å². The number of nitrogens with one attached hydrogen (secondary N) is 2. The average molecular weight is 443 g/mol. The van der Waals surface area contributed by atoms with E-state index in [4.69, 9.17) is 10.4 Å². The van der Waals surface area contributed by atoms with Crippen LogP contribution < -0.4 is 10.6 Å². The van der Waals surface area contributed by atoms with Gasteiger partial charge in [0.15, 0.2) is 0 Å². The molecule has 4 aromatic heterocycles. The van der Waals surface area contributed by atoms with Crippen LogP contribution in [-0.2, 0) is 7.05 Å². The summed E-state index contributed by atoms with van der Waals surface area (Å²) >= 11 is 0. The van der Waals surface area contributed by atoms with Gasteiger partial charge in [0.25, 0.3) is 0 Å². The average Bonchev–Trinajstić information content (AvgIpc) is 3.40. The Labute approximate surface area is 188 Å². The number of carbonyl (C=O) groups is 1. The standard InChI is InChI=1S/C22H21N9O2/c1-30-12-20(28-29-30)17-11-24-19(21-3-2-16-6-14(8-23)10-26-31(16)21)7-18(17)27-15-4-13(5-15)9-25-22(32)33/h2-3,6-7,10-13,15,25H,4-5,9H2,1H3,(H,24,27)(H,32,33). The Bertz CT molecular complexity index is 1380. The monoisotopic (exact) mass is 443 g/mol. The summed E-state index contributed by atoms with van der Waals surface area (Å²) in [6, 6.07) is 9.90. The first-order valence-electron chi connectivity index (χ1n) is 10.5. The van der Waals surface area contributed by atoms with E-state index in [1.807, 2.05) is 31.4 Å². The Kier molecular flexibility index (Phi) is 5.10. The maximum Gasteiger partial charge on any atom is 0.404 e. The molecule has 0 spiro atoms. The van der Waals surface area contributed by atoms with Gasteiger partial charge in [0, 0.05) is 37.1 Å². The van der Waals surface area contributed by atoms with E-state index in [0.717, 1.165) is 41.0 Å². The number of aromatic nitrogens is 6. The van der Waals surface area contributed by atoms with E-state index in [9.17, 15) is 4.79 Å². The van der Waals surface area contributed by atoms with Crippen LogP contribution in [0.5, 0.6) is 0 Å². The summed E-state index contributed by atoms with van der Waals surface area (Å²) in [4.78, 5) is 15.4. The summed E-state index contributed by atoms with van der Waals surface area (Å²) in [5.74, 6) is 0.313. The molecule has 1 saturated carbocycles. The largest absolute Gasteiger partial charge is 0.465 e. The first kappa shape index (κ1) is 20.4. The normalized spacial score (nSPS) is 17.3. The van der Waals surface area contributed by atoms with Gasteiger partial charge in [-0.05, 0) is 43.0 Å². The lowest BCUT2D eigenvalue weighted by Crippen LogP contribution is -2.41. The third-order valence-electron chi connectivity index (χ3n) is 5.81. The molecule has 33 heavy (non-hydrogen) atoms. The second kappa shape index (κ2) is 8.23. The van der Waals surface area contributed by atoms with Gasteiger partial charge in [-0.2, -0.15) is 10.4 Å². The number of aryl methyl sites for hydroxylation is 1. The number of amides is 1. The second-order valence-electron chi connectivity index (χ2n) is 8.17. The third-order valence-corrected chi connectivity index (χ3v) is 5.81. The lowest BCUT2D eigenvalue weighted by molar-refractivity contribution is 0.186. The van der Waals surface area contributed by atoms with Crippen LogP contribution in [0.2, 0.25) is 0 Å². The van der Waals surface area contributed by atoms with Crippen LogP contribution in [0.25, 0.3) is 28.2 Å². The van der Waals surface area contributed by atoms with Gasteiger partial charge >= 0.3 is 6.09 Å². The zero-order valence-corrected chi connectivity index (χ0v) is 17.8. The summed E-state index contributed by atoms with van der Waals surface area (Å²) < 4.78 is 3.40. The molecule has 1 fully saturated rings. The number of hydrogen-bond donors (Lipinski definition) is 3. The molecule has 4 heterocycles. The number of rotatable bonds is 6. The van der Waals surface area contributed by atoms with Gasteiger partial charge in [0.1, 0.15) is 11.8 Å². The molecular formula is C22H21N9O2. The van der Waals surface area contributed by atoms with Gasteiger partial charge in [-0.1, -0.05) is 5.21 Å². The molecule has 1 aliphatic rings. The van der Waals surface area contributed by atoms with Gasteiger partial charge in [-0.25, -0.2) is 9.31 Å². The van der Waals surface area contributed by atoms with E-state index in [1.165, 1.54) is 6.20 Å². The molecule has 0 radical (unpaired) electrons. The number of nitrogens with zero attached hydrogens (tertiary/aromatic N) is 7. The van der Waals surface area contributed by atoms with Gasteiger partial charge < -0.3 is 15.7 Å². The molecule has 4 aromatic rings. The summed E-state index contributed by atoms with van der Waals surface area (Å²) in [6.45, 7) is 0.457. The molecule has 11 heteroatoms. The molecule has 1 amide bonds. The van der Waals surface area contributed by atoms with E-state index < -0.39 is 6.09 Å². The van der Waals surface area contributed by atoms with Crippen molar-refractivity contribution in [2.45, 2.75) is 18.9 Å². The van der Waals surface area contributed by atoms with Crippen LogP contribution in [0.1, 0.15) is 18.4 Å². The Morgan fingerprint density at radius 3 is 2.85 bits per heavy atom. The SMILES string of the molecule is Cn1cc(-c2cnc(-c3ccc4cc(C#N)cnn34)cc2NC2CC(CNC(=O)O)C2)nn1. The van der Waals surface area contributed by atoms with Crippen LogP contribution in [0.4, 0.5) is 10.5 Å². The number of hydrogen-bond acceptors (Lipinski definition) is 7. The number of fused-ring (bicyclic) bond motifs is 1. The molecule has 0 atom stereocenters. The highest BCUT2D eigenvalue weighted by molar-refractivity contribution is 5.79. The number of nitriles is 1. The first-order valence-corrected chi connectivity index (χ1v) is 10.5. The minimum absolute atomic E-state index is 0.219. The van der Waals surface area contributed by atoms with E-state index in [-0.39, 0.29) is 6.04 Å². The minimum Gasteiger partial charge on any atom is -0.465 e. The number of carboxylic acid groups (broad SMARTS) is 1. The van der Waals surface area contributed by atoms with Gasteiger partial charge in [-0.15, -0.1) is 5.10 Å². The van der Waals surface area contributed by atoms with E-state index in [0.29, 0.717) is 23.7 Å². The van der Waals surface area contributed by atoms with Crippen LogP contribution in [0, 0.1) is 17.2 Å². The summed E-state index contributed by atoms with van der Waals surface area (Å²) in [6.07, 6.45) is 5.87. The van der Waals surface area contributed by atoms with Gasteiger partial charge in [0.05, 0.1) is 34.9 Å². The Balaban J connectivity index is 1.45. The summed E-state index contributed by atoms with van der Waals surface area (Å²) in [5, 5.41) is 36.6. The summed E-state index contributed by atoms with van der Waals surface area (Å²) in [7, 11) is 1.81. The number of pyridine rings is 1. The fourth-order valence-corrected chi connectivity index (χ4v) is 4.12. The lowest BCUT2D eigenvalue weighted by atomic mass is 9.80. The molecule has 0 saturated heterocycles.